The van der Waals surface area contributed by atoms with Crippen LogP contribution < -0.4 is 4.90 Å². The van der Waals surface area contributed by atoms with Gasteiger partial charge in [0.25, 0.3) is 0 Å². The summed E-state index contributed by atoms with van der Waals surface area (Å²) < 4.78 is 2.51. The maximum Gasteiger partial charge on any atom is 0.186 e. The first-order chi connectivity index (χ1) is 13.4. The Hall–Kier alpha value is -1.51. The van der Waals surface area contributed by atoms with Gasteiger partial charge >= 0.3 is 0 Å². The molecule has 1 aliphatic rings. The monoisotopic (exact) mass is 505 g/mol. The number of rotatable bonds is 4. The van der Waals surface area contributed by atoms with Crippen molar-refractivity contribution in [2.24, 2.45) is 0 Å². The van der Waals surface area contributed by atoms with Crippen LogP contribution in [0.25, 0.3) is 10.2 Å². The van der Waals surface area contributed by atoms with E-state index in [0.29, 0.717) is 12.1 Å². The molecule has 0 amide bonds. The van der Waals surface area contributed by atoms with Crippen molar-refractivity contribution < 1.29 is 4.79 Å². The van der Waals surface area contributed by atoms with E-state index in [0.717, 1.165) is 47.7 Å². The van der Waals surface area contributed by atoms with Gasteiger partial charge in [0, 0.05) is 40.9 Å². The molecule has 0 spiro atoms. The Labute approximate surface area is 183 Å². The highest BCUT2D eigenvalue weighted by Gasteiger charge is 2.31. The number of anilines is 1. The van der Waals surface area contributed by atoms with E-state index in [2.05, 4.69) is 77.4 Å². The first-order valence-corrected chi connectivity index (χ1v) is 11.4. The predicted octanol–water partition coefficient (Wildman–Crippen LogP) is 5.12. The van der Waals surface area contributed by atoms with Crippen molar-refractivity contribution in [3.05, 3.63) is 56.7 Å². The fourth-order valence-electron chi connectivity index (χ4n) is 4.11. The number of benzene rings is 2. The highest BCUT2D eigenvalue weighted by atomic mass is 127. The number of carbonyl (C=O) groups excluding carboxylic acids is 1. The Morgan fingerprint density at radius 1 is 1.18 bits per heavy atom. The lowest BCUT2D eigenvalue weighted by Crippen LogP contribution is -2.56. The average molecular weight is 505 g/mol. The third kappa shape index (κ3) is 4.09. The minimum Gasteiger partial charge on any atom is -0.345 e. The maximum atomic E-state index is 11.2. The molecule has 0 bridgehead atoms. The van der Waals surface area contributed by atoms with Crippen molar-refractivity contribution in [1.82, 2.24) is 9.88 Å². The minimum atomic E-state index is 0.413. The van der Waals surface area contributed by atoms with E-state index in [4.69, 9.17) is 4.98 Å². The maximum absolute atomic E-state index is 11.2. The lowest BCUT2D eigenvalue weighted by atomic mass is 10.0. The van der Waals surface area contributed by atoms with E-state index in [9.17, 15) is 4.79 Å². The number of aldehydes is 1. The normalized spacial score (nSPS) is 20.6. The van der Waals surface area contributed by atoms with Crippen LogP contribution in [0.3, 0.4) is 0 Å². The Bertz CT molecular complexity index is 1010. The Morgan fingerprint density at radius 2 is 1.93 bits per heavy atom. The molecule has 146 valence electrons. The van der Waals surface area contributed by atoms with Gasteiger partial charge in [-0.3, -0.25) is 9.69 Å². The summed E-state index contributed by atoms with van der Waals surface area (Å²) in [7, 11) is 0. The summed E-state index contributed by atoms with van der Waals surface area (Å²) in [5.74, 6) is 0. The Morgan fingerprint density at radius 3 is 2.64 bits per heavy atom. The van der Waals surface area contributed by atoms with Crippen LogP contribution in [0.1, 0.15) is 35.3 Å². The summed E-state index contributed by atoms with van der Waals surface area (Å²) in [6.45, 7) is 9.43. The second kappa shape index (κ2) is 8.08. The minimum absolute atomic E-state index is 0.413. The van der Waals surface area contributed by atoms with Gasteiger partial charge in [0.15, 0.2) is 5.13 Å². The molecule has 1 aliphatic heterocycles. The van der Waals surface area contributed by atoms with E-state index < -0.39 is 0 Å². The summed E-state index contributed by atoms with van der Waals surface area (Å²) >= 11 is 4.14. The molecule has 2 atom stereocenters. The first kappa shape index (κ1) is 19.8. The van der Waals surface area contributed by atoms with Gasteiger partial charge in [0.2, 0.25) is 0 Å². The highest BCUT2D eigenvalue weighted by Crippen LogP contribution is 2.32. The van der Waals surface area contributed by atoms with Crippen molar-refractivity contribution in [1.29, 1.82) is 0 Å². The third-order valence-electron chi connectivity index (χ3n) is 5.37. The molecule has 4 nitrogen and oxygen atoms in total. The molecule has 0 saturated carbocycles. The fraction of sp³-hybridized carbons (Fsp3) is 0.364. The molecule has 3 aromatic rings. The Kier molecular flexibility index (Phi) is 5.71. The molecule has 0 radical (unpaired) electrons. The van der Waals surface area contributed by atoms with E-state index in [1.54, 1.807) is 11.3 Å². The number of fused-ring (bicyclic) bond motifs is 1. The standard InChI is InChI=1S/C22H24IN3OS/c1-14-6-17(8-18(7-14)13-27)12-26-15(2)10-25(11-16(26)3)22-24-20-5-4-19(23)9-21(20)28-22/h4-9,13,15-16H,10-12H2,1-3H3. The topological polar surface area (TPSA) is 36.4 Å². The molecule has 1 saturated heterocycles. The molecule has 0 aliphatic carbocycles. The second-order valence-electron chi connectivity index (χ2n) is 7.75. The van der Waals surface area contributed by atoms with Gasteiger partial charge in [-0.15, -0.1) is 0 Å². The van der Waals surface area contributed by atoms with Crippen molar-refractivity contribution in [2.75, 3.05) is 18.0 Å². The number of halogens is 1. The summed E-state index contributed by atoms with van der Waals surface area (Å²) in [5, 5.41) is 1.12. The van der Waals surface area contributed by atoms with Crippen LogP contribution in [0.15, 0.2) is 36.4 Å². The highest BCUT2D eigenvalue weighted by molar-refractivity contribution is 14.1. The zero-order chi connectivity index (χ0) is 19.8. The van der Waals surface area contributed by atoms with Crippen LogP contribution in [-0.4, -0.2) is 41.3 Å². The van der Waals surface area contributed by atoms with Gasteiger partial charge in [-0.25, -0.2) is 4.98 Å². The Balaban J connectivity index is 1.52. The summed E-state index contributed by atoms with van der Waals surface area (Å²) in [4.78, 5) is 21.0. The number of aryl methyl sites for hydroxylation is 1. The largest absolute Gasteiger partial charge is 0.345 e. The van der Waals surface area contributed by atoms with Crippen LogP contribution in [-0.2, 0) is 6.54 Å². The van der Waals surface area contributed by atoms with Crippen molar-refractivity contribution >= 4 is 55.6 Å². The van der Waals surface area contributed by atoms with Crippen LogP contribution >= 0.6 is 33.9 Å². The summed E-state index contributed by atoms with van der Waals surface area (Å²) in [5.41, 5.74) is 4.20. The zero-order valence-electron chi connectivity index (χ0n) is 16.4. The fourth-order valence-corrected chi connectivity index (χ4v) is 5.84. The van der Waals surface area contributed by atoms with Crippen molar-refractivity contribution in [3.8, 4) is 0 Å². The average Bonchev–Trinajstić information content (AvgIpc) is 3.07. The number of carbonyl (C=O) groups is 1. The summed E-state index contributed by atoms with van der Waals surface area (Å²) in [6.07, 6.45) is 0.940. The van der Waals surface area contributed by atoms with E-state index >= 15 is 0 Å². The van der Waals surface area contributed by atoms with Crippen LogP contribution in [0, 0.1) is 10.5 Å². The second-order valence-corrected chi connectivity index (χ2v) is 10.0. The van der Waals surface area contributed by atoms with E-state index in [1.807, 2.05) is 12.1 Å². The lowest BCUT2D eigenvalue weighted by Gasteiger charge is -2.44. The quantitative estimate of drug-likeness (QED) is 0.365. The molecule has 4 rings (SSSR count). The number of piperazine rings is 1. The molecule has 1 aromatic heterocycles. The molecular formula is C22H24IN3OS. The molecule has 2 unspecified atom stereocenters. The first-order valence-electron chi connectivity index (χ1n) is 9.55. The number of aromatic nitrogens is 1. The van der Waals surface area contributed by atoms with Crippen LogP contribution in [0.5, 0.6) is 0 Å². The smallest absolute Gasteiger partial charge is 0.186 e. The molecule has 0 N–H and O–H groups in total. The van der Waals surface area contributed by atoms with Crippen LogP contribution in [0.4, 0.5) is 5.13 Å². The molecule has 1 fully saturated rings. The molecule has 6 heteroatoms. The number of hydrogen-bond donors (Lipinski definition) is 0. The van der Waals surface area contributed by atoms with Crippen molar-refractivity contribution in [2.45, 2.75) is 39.4 Å². The van der Waals surface area contributed by atoms with Crippen LogP contribution in [0.2, 0.25) is 0 Å². The van der Waals surface area contributed by atoms with Crippen molar-refractivity contribution in [3.63, 3.8) is 0 Å². The molecule has 2 heterocycles. The summed E-state index contributed by atoms with van der Waals surface area (Å²) in [6, 6.07) is 13.4. The van der Waals surface area contributed by atoms with Gasteiger partial charge < -0.3 is 4.90 Å². The van der Waals surface area contributed by atoms with E-state index in [1.165, 1.54) is 13.8 Å². The molecule has 28 heavy (non-hydrogen) atoms. The number of hydrogen-bond acceptors (Lipinski definition) is 5. The zero-order valence-corrected chi connectivity index (χ0v) is 19.3. The van der Waals surface area contributed by atoms with Gasteiger partial charge in [-0.1, -0.05) is 23.0 Å². The third-order valence-corrected chi connectivity index (χ3v) is 7.12. The van der Waals surface area contributed by atoms with Gasteiger partial charge in [-0.05, 0) is 79.3 Å². The van der Waals surface area contributed by atoms with E-state index in [-0.39, 0.29) is 0 Å². The lowest BCUT2D eigenvalue weighted by molar-refractivity contribution is 0.112. The molecular weight excluding hydrogens is 481 g/mol. The number of nitrogens with zero attached hydrogens (tertiary/aromatic N) is 3. The number of thiazole rings is 1. The molecule has 2 aromatic carbocycles. The van der Waals surface area contributed by atoms with Gasteiger partial charge in [0.05, 0.1) is 10.2 Å². The predicted molar refractivity (Wildman–Crippen MR) is 126 cm³/mol. The van der Waals surface area contributed by atoms with Gasteiger partial charge in [0.1, 0.15) is 6.29 Å². The van der Waals surface area contributed by atoms with Gasteiger partial charge in [-0.2, -0.15) is 0 Å². The SMILES string of the molecule is Cc1cc(C=O)cc(CN2C(C)CN(c3nc4ccc(I)cc4s3)CC2C)c1.